The number of carbonyl (C=O) groups is 6. The lowest BCUT2D eigenvalue weighted by molar-refractivity contribution is -0.143. The van der Waals surface area contributed by atoms with E-state index in [0.717, 1.165) is 0 Å². The highest BCUT2D eigenvalue weighted by Crippen LogP contribution is 2.13. The molecular formula is C24H35N5O9. The molecule has 0 saturated carbocycles. The number of aromatic hydroxyl groups is 1. The van der Waals surface area contributed by atoms with Gasteiger partial charge in [0, 0.05) is 19.3 Å². The van der Waals surface area contributed by atoms with Crippen molar-refractivity contribution in [2.75, 3.05) is 0 Å². The Morgan fingerprint density at radius 1 is 0.816 bits per heavy atom. The average Bonchev–Trinajstić information content (AvgIpc) is 2.83. The second-order valence-corrected chi connectivity index (χ2v) is 9.11. The minimum absolute atomic E-state index is 0.0337. The Morgan fingerprint density at radius 2 is 1.39 bits per heavy atom. The number of amides is 4. The fourth-order valence-electron chi connectivity index (χ4n) is 3.36. The first kappa shape index (κ1) is 31.8. The SMILES string of the molecule is CC(C)C(NC(=O)C(N)CCC(N)=O)C(=O)NC(Cc1ccc(O)cc1)C(=O)NC(CCC(=O)O)C(=O)O. The van der Waals surface area contributed by atoms with E-state index in [1.165, 1.54) is 24.3 Å². The number of carboxylic acid groups (broad SMARTS) is 2. The molecule has 14 heteroatoms. The smallest absolute Gasteiger partial charge is 0.326 e. The summed E-state index contributed by atoms with van der Waals surface area (Å²) >= 11 is 0. The predicted octanol–water partition coefficient (Wildman–Crippen LogP) is -1.41. The molecule has 38 heavy (non-hydrogen) atoms. The van der Waals surface area contributed by atoms with Crippen LogP contribution in [-0.4, -0.2) is 75.1 Å². The van der Waals surface area contributed by atoms with Crippen molar-refractivity contribution in [1.29, 1.82) is 0 Å². The summed E-state index contributed by atoms with van der Waals surface area (Å²) in [6.07, 6.45) is -1.17. The third-order valence-electron chi connectivity index (χ3n) is 5.56. The number of carboxylic acids is 2. The summed E-state index contributed by atoms with van der Waals surface area (Å²) in [5, 5.41) is 35.0. The molecule has 0 fully saturated rings. The predicted molar refractivity (Wildman–Crippen MR) is 133 cm³/mol. The van der Waals surface area contributed by atoms with Gasteiger partial charge in [0.05, 0.1) is 6.04 Å². The number of carbonyl (C=O) groups excluding carboxylic acids is 4. The Morgan fingerprint density at radius 3 is 1.89 bits per heavy atom. The lowest BCUT2D eigenvalue weighted by atomic mass is 10.00. The van der Waals surface area contributed by atoms with Crippen LogP contribution in [0.3, 0.4) is 0 Å². The molecule has 4 unspecified atom stereocenters. The maximum atomic E-state index is 13.1. The highest BCUT2D eigenvalue weighted by Gasteiger charge is 2.32. The number of hydrogen-bond acceptors (Lipinski definition) is 8. The molecule has 10 N–H and O–H groups in total. The molecule has 0 aliphatic heterocycles. The normalized spacial score (nSPS) is 14.0. The molecule has 14 nitrogen and oxygen atoms in total. The molecule has 0 aromatic heterocycles. The van der Waals surface area contributed by atoms with Gasteiger partial charge >= 0.3 is 11.9 Å². The molecule has 0 aliphatic rings. The molecule has 210 valence electrons. The van der Waals surface area contributed by atoms with Gasteiger partial charge in [-0.05, 0) is 36.5 Å². The molecular weight excluding hydrogens is 502 g/mol. The summed E-state index contributed by atoms with van der Waals surface area (Å²) in [6.45, 7) is 3.28. The molecule has 4 amide bonds. The second kappa shape index (κ2) is 15.1. The number of phenols is 1. The number of aliphatic carboxylic acids is 2. The van der Waals surface area contributed by atoms with Gasteiger partial charge in [0.15, 0.2) is 0 Å². The van der Waals surface area contributed by atoms with Crippen LogP contribution >= 0.6 is 0 Å². The van der Waals surface area contributed by atoms with Gasteiger partial charge in [0.2, 0.25) is 23.6 Å². The van der Waals surface area contributed by atoms with E-state index in [-0.39, 0.29) is 31.4 Å². The third kappa shape index (κ3) is 11.2. The van der Waals surface area contributed by atoms with Gasteiger partial charge in [-0.2, -0.15) is 0 Å². The molecule has 0 heterocycles. The van der Waals surface area contributed by atoms with E-state index in [1.54, 1.807) is 13.8 Å². The summed E-state index contributed by atoms with van der Waals surface area (Å²) in [6, 6.07) is 0.633. The Hall–Kier alpha value is -4.20. The summed E-state index contributed by atoms with van der Waals surface area (Å²) in [5.41, 5.74) is 11.4. The first-order chi connectivity index (χ1) is 17.7. The van der Waals surface area contributed by atoms with Crippen molar-refractivity contribution in [2.45, 2.75) is 70.1 Å². The number of nitrogens with two attached hydrogens (primary N) is 2. The fourth-order valence-corrected chi connectivity index (χ4v) is 3.36. The summed E-state index contributed by atoms with van der Waals surface area (Å²) in [7, 11) is 0. The van der Waals surface area contributed by atoms with Gasteiger partial charge in [-0.1, -0.05) is 26.0 Å². The molecule has 0 radical (unpaired) electrons. The molecule has 4 atom stereocenters. The highest BCUT2D eigenvalue weighted by atomic mass is 16.4. The van der Waals surface area contributed by atoms with Gasteiger partial charge in [-0.3, -0.25) is 24.0 Å². The fraction of sp³-hybridized carbons (Fsp3) is 0.500. The number of phenolic OH excluding ortho intramolecular Hbond substituents is 1. The number of benzene rings is 1. The molecule has 1 rings (SSSR count). The van der Waals surface area contributed by atoms with Crippen molar-refractivity contribution in [3.63, 3.8) is 0 Å². The van der Waals surface area contributed by atoms with Crippen LogP contribution in [0.15, 0.2) is 24.3 Å². The van der Waals surface area contributed by atoms with E-state index < -0.39 is 72.1 Å². The largest absolute Gasteiger partial charge is 0.508 e. The van der Waals surface area contributed by atoms with Gasteiger partial charge < -0.3 is 42.7 Å². The van der Waals surface area contributed by atoms with Gasteiger partial charge in [0.1, 0.15) is 23.9 Å². The van der Waals surface area contributed by atoms with Crippen molar-refractivity contribution in [1.82, 2.24) is 16.0 Å². The monoisotopic (exact) mass is 537 g/mol. The number of hydrogen-bond donors (Lipinski definition) is 8. The van der Waals surface area contributed by atoms with Crippen LogP contribution in [0.25, 0.3) is 0 Å². The van der Waals surface area contributed by atoms with Crippen molar-refractivity contribution < 1.29 is 44.1 Å². The molecule has 0 bridgehead atoms. The van der Waals surface area contributed by atoms with Crippen molar-refractivity contribution in [3.8, 4) is 5.75 Å². The van der Waals surface area contributed by atoms with E-state index >= 15 is 0 Å². The van der Waals surface area contributed by atoms with Gasteiger partial charge in [-0.15, -0.1) is 0 Å². The molecule has 1 aromatic rings. The van der Waals surface area contributed by atoms with E-state index in [0.29, 0.717) is 5.56 Å². The van der Waals surface area contributed by atoms with E-state index in [9.17, 15) is 39.0 Å². The quantitative estimate of drug-likeness (QED) is 0.122. The zero-order valence-corrected chi connectivity index (χ0v) is 21.2. The Kier molecular flexibility index (Phi) is 12.7. The van der Waals surface area contributed by atoms with Crippen molar-refractivity contribution >= 4 is 35.6 Å². The molecule has 0 aliphatic carbocycles. The lowest BCUT2D eigenvalue weighted by Gasteiger charge is -2.27. The van der Waals surface area contributed by atoms with Crippen molar-refractivity contribution in [3.05, 3.63) is 29.8 Å². The molecule has 0 saturated heterocycles. The van der Waals surface area contributed by atoms with Gasteiger partial charge in [0.25, 0.3) is 0 Å². The van der Waals surface area contributed by atoms with Crippen LogP contribution in [0.5, 0.6) is 5.75 Å². The summed E-state index contributed by atoms with van der Waals surface area (Å²) in [5.74, 6) is -6.19. The molecule has 0 spiro atoms. The average molecular weight is 538 g/mol. The van der Waals surface area contributed by atoms with E-state index in [1.807, 2.05) is 0 Å². The number of nitrogens with one attached hydrogen (secondary N) is 3. The maximum absolute atomic E-state index is 13.1. The lowest BCUT2D eigenvalue weighted by Crippen LogP contribution is -2.59. The van der Waals surface area contributed by atoms with Gasteiger partial charge in [-0.25, -0.2) is 4.79 Å². The number of primary amides is 1. The second-order valence-electron chi connectivity index (χ2n) is 9.11. The standard InChI is InChI=1S/C24H35N5O9/c1-12(2)20(29-21(34)15(25)7-9-18(26)31)23(36)28-17(11-13-3-5-14(30)6-4-13)22(35)27-16(24(37)38)8-10-19(32)33/h3-6,12,15-17,20,30H,7-11,25H2,1-2H3,(H2,26,31)(H,27,35)(H,28,36)(H,29,34)(H,32,33)(H,37,38). The summed E-state index contributed by atoms with van der Waals surface area (Å²) < 4.78 is 0. The van der Waals surface area contributed by atoms with Crippen LogP contribution < -0.4 is 27.4 Å². The Labute approximate surface area is 219 Å². The topological polar surface area (TPSA) is 251 Å². The van der Waals surface area contributed by atoms with Crippen LogP contribution in [0.4, 0.5) is 0 Å². The first-order valence-corrected chi connectivity index (χ1v) is 11.9. The summed E-state index contributed by atoms with van der Waals surface area (Å²) in [4.78, 5) is 72.1. The third-order valence-corrected chi connectivity index (χ3v) is 5.56. The molecule has 1 aromatic carbocycles. The zero-order chi connectivity index (χ0) is 29.0. The number of rotatable bonds is 16. The maximum Gasteiger partial charge on any atom is 0.326 e. The van der Waals surface area contributed by atoms with Crippen LogP contribution in [0.2, 0.25) is 0 Å². The highest BCUT2D eigenvalue weighted by molar-refractivity contribution is 5.94. The Bertz CT molecular complexity index is 1010. The van der Waals surface area contributed by atoms with Crippen LogP contribution in [-0.2, 0) is 35.2 Å². The zero-order valence-electron chi connectivity index (χ0n) is 21.2. The van der Waals surface area contributed by atoms with E-state index in [2.05, 4.69) is 16.0 Å². The van der Waals surface area contributed by atoms with E-state index in [4.69, 9.17) is 16.6 Å². The van der Waals surface area contributed by atoms with Crippen LogP contribution in [0.1, 0.15) is 45.1 Å². The first-order valence-electron chi connectivity index (χ1n) is 11.9. The minimum Gasteiger partial charge on any atom is -0.508 e. The van der Waals surface area contributed by atoms with Crippen LogP contribution in [0, 0.1) is 5.92 Å². The Balaban J connectivity index is 3.11. The van der Waals surface area contributed by atoms with Crippen molar-refractivity contribution in [2.24, 2.45) is 17.4 Å². The minimum atomic E-state index is -1.53.